The number of rotatable bonds is 0. The predicted molar refractivity (Wildman–Crippen MR) is 209 cm³/mol. The summed E-state index contributed by atoms with van der Waals surface area (Å²) in [5, 5.41) is 9.00. The summed E-state index contributed by atoms with van der Waals surface area (Å²) in [6.07, 6.45) is 8.05. The number of H-pyrrole nitrogens is 2. The van der Waals surface area contributed by atoms with Crippen LogP contribution in [0.2, 0.25) is 0 Å². The molecule has 256 valence electrons. The summed E-state index contributed by atoms with van der Waals surface area (Å²) in [7, 11) is 0. The van der Waals surface area contributed by atoms with Gasteiger partial charge >= 0.3 is 19.5 Å². The van der Waals surface area contributed by atoms with Crippen LogP contribution in [0.3, 0.4) is 0 Å². The Bertz CT molecular complexity index is 1870. The van der Waals surface area contributed by atoms with Gasteiger partial charge in [0.25, 0.3) is 0 Å². The van der Waals surface area contributed by atoms with Crippen LogP contribution < -0.4 is 0 Å². The molecular formula is C44H34N5O2Ru-. The van der Waals surface area contributed by atoms with Crippen molar-refractivity contribution in [3.63, 3.8) is 0 Å². The second-order valence-electron chi connectivity index (χ2n) is 10.3. The minimum atomic E-state index is 0. The van der Waals surface area contributed by atoms with Crippen LogP contribution in [0.5, 0.6) is 0 Å². The molecular weight excluding hydrogens is 732 g/mol. The normalized spacial score (nSPS) is 9.77. The maximum Gasteiger partial charge on any atom is 4.00 e. The second kappa shape index (κ2) is 24.6. The van der Waals surface area contributed by atoms with E-state index in [1.54, 1.807) is 0 Å². The molecule has 7 nitrogen and oxygen atoms in total. The molecule has 9 rings (SSSR count). The van der Waals surface area contributed by atoms with Crippen molar-refractivity contribution < 1.29 is 19.5 Å². The van der Waals surface area contributed by atoms with Gasteiger partial charge in [-0.1, -0.05) is 0 Å². The van der Waals surface area contributed by atoms with Crippen LogP contribution >= 0.6 is 0 Å². The Morgan fingerprint density at radius 2 is 0.673 bits per heavy atom. The van der Waals surface area contributed by atoms with Crippen LogP contribution in [0, 0.1) is 34.4 Å². The molecule has 7 aromatic rings. The molecule has 0 spiro atoms. The maximum absolute atomic E-state index is 8.00. The molecule has 0 aliphatic carbocycles. The molecule has 3 aromatic heterocycles. The quantitative estimate of drug-likeness (QED) is 0.0693. The van der Waals surface area contributed by atoms with Crippen LogP contribution in [0.4, 0.5) is 0 Å². The van der Waals surface area contributed by atoms with E-state index in [0.717, 1.165) is 50.2 Å². The Kier molecular flexibility index (Phi) is 18.9. The van der Waals surface area contributed by atoms with Gasteiger partial charge in [-0.25, -0.2) is 9.97 Å². The van der Waals surface area contributed by atoms with E-state index in [1.165, 1.54) is 0 Å². The van der Waals surface area contributed by atoms with Crippen LogP contribution in [0.1, 0.15) is 22.8 Å². The summed E-state index contributed by atoms with van der Waals surface area (Å²) < 4.78 is 0. The second-order valence-corrected chi connectivity index (χ2v) is 10.3. The van der Waals surface area contributed by atoms with Crippen molar-refractivity contribution in [2.24, 2.45) is 5.34 Å². The molecule has 0 unspecified atom stereocenters. The van der Waals surface area contributed by atoms with Crippen molar-refractivity contribution in [2.45, 2.75) is 0 Å². The molecule has 0 atom stereocenters. The first-order valence-electron chi connectivity index (χ1n) is 15.9. The molecule has 5 heterocycles. The van der Waals surface area contributed by atoms with E-state index in [9.17, 15) is 0 Å². The number of nitrogens with one attached hydrogen (secondary N) is 2. The average Bonchev–Trinajstić information content (AvgIpc) is 4.03. The van der Waals surface area contributed by atoms with E-state index < -0.39 is 0 Å². The molecule has 2 aliphatic heterocycles. The van der Waals surface area contributed by atoms with Crippen molar-refractivity contribution in [3.05, 3.63) is 227 Å². The summed E-state index contributed by atoms with van der Waals surface area (Å²) in [5.41, 5.74) is 7.86. The van der Waals surface area contributed by atoms with Crippen molar-refractivity contribution in [1.82, 2.24) is 19.9 Å². The fraction of sp³-hybridized carbons (Fsp3) is 0. The van der Waals surface area contributed by atoms with Gasteiger partial charge in [-0.15, -0.1) is 5.34 Å². The van der Waals surface area contributed by atoms with Gasteiger partial charge in [-0.05, 0) is 72.8 Å². The van der Waals surface area contributed by atoms with E-state index in [-0.39, 0.29) is 19.5 Å². The summed E-state index contributed by atoms with van der Waals surface area (Å²) >= 11 is 0. The van der Waals surface area contributed by atoms with E-state index in [0.29, 0.717) is 0 Å². The number of benzene rings is 4. The first kappa shape index (κ1) is 39.9. The predicted octanol–water partition coefficient (Wildman–Crippen LogP) is 10.9. The third-order valence-electron chi connectivity index (χ3n) is 6.47. The molecule has 0 saturated carbocycles. The van der Waals surface area contributed by atoms with Gasteiger partial charge in [0, 0.05) is 22.1 Å². The van der Waals surface area contributed by atoms with Crippen molar-refractivity contribution in [3.8, 4) is 0 Å². The van der Waals surface area contributed by atoms with Crippen molar-refractivity contribution in [2.75, 3.05) is 0 Å². The fourth-order valence-electron chi connectivity index (χ4n) is 4.31. The standard InChI is InChI=1S/C20H14N4.4C6H5.HNO2.Ru/c1-2-14-10-16-5-6-18(23-16)12-20-8-7-19(24-20)11-17-4-3-15(22-17)9-13(1)21-14;4*1-2-4-6-5-3-1;2-1-3;/h1-12,21-22H;4*1-5H;(H,2,3);/q;4*-1;;+4/p-1. The third kappa shape index (κ3) is 16.3. The first-order valence-corrected chi connectivity index (χ1v) is 15.9. The molecule has 2 aliphatic rings. The number of fused-ring (bicyclic) bond motifs is 8. The summed E-state index contributed by atoms with van der Waals surface area (Å²) in [4.78, 5) is 24.0. The Hall–Kier alpha value is -6.50. The zero-order valence-corrected chi connectivity index (χ0v) is 29.7. The number of nitrogens with zero attached hydrogens (tertiary/aromatic N) is 3. The number of aromatic nitrogens is 4. The molecule has 2 N–H and O–H groups in total. The number of hydrogen-bond acceptors (Lipinski definition) is 5. The molecule has 0 amide bonds. The number of hydrogen-bond donors (Lipinski definition) is 2. The molecule has 0 saturated heterocycles. The minimum Gasteiger partial charge on any atom is -0.444 e. The average molecular weight is 766 g/mol. The third-order valence-corrected chi connectivity index (χ3v) is 6.47. The van der Waals surface area contributed by atoms with Crippen molar-refractivity contribution in [1.29, 1.82) is 0 Å². The molecule has 52 heavy (non-hydrogen) atoms. The minimum absolute atomic E-state index is 0. The largest absolute Gasteiger partial charge is 4.00 e. The SMILES string of the molecule is C1=Cc2cc3ccc(cc4ccc(cc5nc(cc1n2)C=C5)[nH]4)[nH]3.O=N[O-].[Ru+4].[c-]1ccccc1.[c-]1ccccc1.[c-]1ccccc1.[c-]1ccccc1. The van der Waals surface area contributed by atoms with Gasteiger partial charge in [0.2, 0.25) is 0 Å². The molecule has 0 fully saturated rings. The van der Waals surface area contributed by atoms with Crippen LogP contribution in [0.15, 0.2) is 175 Å². The van der Waals surface area contributed by atoms with E-state index >= 15 is 0 Å². The first-order chi connectivity index (χ1) is 25.2. The molecule has 8 heteroatoms. The summed E-state index contributed by atoms with van der Waals surface area (Å²) in [6.45, 7) is 0. The smallest absolute Gasteiger partial charge is 0.444 e. The van der Waals surface area contributed by atoms with E-state index in [1.807, 2.05) is 164 Å². The molecule has 4 aromatic carbocycles. The van der Waals surface area contributed by atoms with Gasteiger partial charge in [0.1, 0.15) is 0 Å². The van der Waals surface area contributed by atoms with Crippen molar-refractivity contribution >= 4 is 46.4 Å². The summed E-state index contributed by atoms with van der Waals surface area (Å²) in [5.74, 6) is 0. The van der Waals surface area contributed by atoms with Crippen LogP contribution in [-0.2, 0) is 19.5 Å². The van der Waals surface area contributed by atoms with Gasteiger partial charge in [-0.3, -0.25) is 0 Å². The van der Waals surface area contributed by atoms with E-state index in [4.69, 9.17) is 10.1 Å². The Morgan fingerprint density at radius 1 is 0.423 bits per heavy atom. The topological polar surface area (TPSA) is 110 Å². The Labute approximate surface area is 316 Å². The monoisotopic (exact) mass is 766 g/mol. The van der Waals surface area contributed by atoms with E-state index in [2.05, 4.69) is 74.5 Å². The number of aromatic amines is 2. The van der Waals surface area contributed by atoms with Gasteiger partial charge in [0.05, 0.1) is 22.8 Å². The zero-order valence-electron chi connectivity index (χ0n) is 28.0. The summed E-state index contributed by atoms with van der Waals surface area (Å²) in [6, 6.07) is 66.4. The van der Waals surface area contributed by atoms with Crippen LogP contribution in [-0.4, -0.2) is 19.9 Å². The van der Waals surface area contributed by atoms with Gasteiger partial charge in [0.15, 0.2) is 0 Å². The Balaban J connectivity index is 0.000000211. The molecule has 0 radical (unpaired) electrons. The zero-order chi connectivity index (χ0) is 35.6. The fourth-order valence-corrected chi connectivity index (χ4v) is 4.31. The van der Waals surface area contributed by atoms with Gasteiger partial charge < -0.3 is 20.1 Å². The van der Waals surface area contributed by atoms with Crippen LogP contribution in [0.25, 0.3) is 46.4 Å². The van der Waals surface area contributed by atoms with Gasteiger partial charge in [-0.2, -0.15) is 146 Å². The Morgan fingerprint density at radius 3 is 0.904 bits per heavy atom. The maximum atomic E-state index is 8.00. The molecule has 8 bridgehead atoms.